The fourth-order valence-corrected chi connectivity index (χ4v) is 2.45. The zero-order valence-electron chi connectivity index (χ0n) is 8.50. The second kappa shape index (κ2) is 3.31. The van der Waals surface area contributed by atoms with Gasteiger partial charge in [0.2, 0.25) is 0 Å². The highest BCUT2D eigenvalue weighted by molar-refractivity contribution is 7.16. The van der Waals surface area contributed by atoms with E-state index < -0.39 is 0 Å². The Balaban J connectivity index is 2.94. The maximum atomic E-state index is 13.3. The molecule has 0 unspecified atom stereocenters. The molecule has 2 rings (SSSR count). The van der Waals surface area contributed by atoms with Crippen molar-refractivity contribution < 1.29 is 4.39 Å². The van der Waals surface area contributed by atoms with Gasteiger partial charge in [-0.2, -0.15) is 0 Å². The molecule has 0 amide bonds. The van der Waals surface area contributed by atoms with E-state index in [0.717, 1.165) is 16.9 Å². The molecule has 0 radical (unpaired) electrons. The van der Waals surface area contributed by atoms with Crippen molar-refractivity contribution in [2.24, 2.45) is 0 Å². The average Bonchev–Trinajstić information content (AvgIpc) is 2.41. The van der Waals surface area contributed by atoms with Crippen LogP contribution in [0.5, 0.6) is 0 Å². The molecule has 1 aromatic heterocycles. The molecule has 0 aliphatic heterocycles. The van der Waals surface area contributed by atoms with E-state index in [4.69, 9.17) is 0 Å². The van der Waals surface area contributed by atoms with Gasteiger partial charge in [0, 0.05) is 5.70 Å². The van der Waals surface area contributed by atoms with Gasteiger partial charge in [-0.1, -0.05) is 17.9 Å². The Morgan fingerprint density at radius 3 is 2.80 bits per heavy atom. The maximum Gasteiger partial charge on any atom is 0.312 e. The first-order valence-corrected chi connectivity index (χ1v) is 5.30. The Kier molecular flexibility index (Phi) is 2.23. The highest BCUT2D eigenvalue weighted by Gasteiger charge is 2.10. The van der Waals surface area contributed by atoms with Gasteiger partial charge in [-0.3, -0.25) is 9.36 Å². The molecule has 78 valence electrons. The van der Waals surface area contributed by atoms with Crippen LogP contribution in [0.2, 0.25) is 0 Å². The minimum absolute atomic E-state index is 0.123. The molecule has 2 nitrogen and oxygen atoms in total. The Hall–Kier alpha value is -1.42. The number of aromatic nitrogens is 1. The van der Waals surface area contributed by atoms with Gasteiger partial charge >= 0.3 is 4.87 Å². The SMILES string of the molecule is C=C(C)n1c(=O)sc2cc(F)c(C)cc21. The third-order valence-electron chi connectivity index (χ3n) is 2.24. The lowest BCUT2D eigenvalue weighted by Crippen LogP contribution is -2.09. The normalized spacial score (nSPS) is 10.9. The van der Waals surface area contributed by atoms with Gasteiger partial charge in [-0.25, -0.2) is 4.39 Å². The summed E-state index contributed by atoms with van der Waals surface area (Å²) in [6.07, 6.45) is 0. The van der Waals surface area contributed by atoms with Crippen molar-refractivity contribution in [3.63, 3.8) is 0 Å². The summed E-state index contributed by atoms with van der Waals surface area (Å²) in [4.78, 5) is 11.5. The highest BCUT2D eigenvalue weighted by atomic mass is 32.1. The van der Waals surface area contributed by atoms with Crippen molar-refractivity contribution in [2.75, 3.05) is 0 Å². The van der Waals surface area contributed by atoms with E-state index in [2.05, 4.69) is 6.58 Å². The summed E-state index contributed by atoms with van der Waals surface area (Å²) in [7, 11) is 0. The molecule has 1 heterocycles. The van der Waals surface area contributed by atoms with Gasteiger partial charge in [-0.05, 0) is 31.5 Å². The van der Waals surface area contributed by atoms with Crippen LogP contribution in [0.1, 0.15) is 12.5 Å². The lowest BCUT2D eigenvalue weighted by molar-refractivity contribution is 0.620. The predicted octanol–water partition coefficient (Wildman–Crippen LogP) is 3.00. The smallest absolute Gasteiger partial charge is 0.272 e. The van der Waals surface area contributed by atoms with Crippen LogP contribution in [0.4, 0.5) is 4.39 Å². The summed E-state index contributed by atoms with van der Waals surface area (Å²) in [5.74, 6) is -0.280. The Morgan fingerprint density at radius 1 is 1.53 bits per heavy atom. The van der Waals surface area contributed by atoms with Crippen LogP contribution in [0, 0.1) is 12.7 Å². The number of hydrogen-bond acceptors (Lipinski definition) is 2. The standard InChI is InChI=1S/C11H10FNOS/c1-6(2)13-9-4-7(3)8(12)5-10(9)15-11(13)14/h4-5H,1H2,2-3H3. The first-order chi connectivity index (χ1) is 7.00. The predicted molar refractivity (Wildman–Crippen MR) is 61.8 cm³/mol. The molecule has 0 spiro atoms. The molecule has 0 saturated heterocycles. The molecule has 0 N–H and O–H groups in total. The number of benzene rings is 1. The number of nitrogens with zero attached hydrogens (tertiary/aromatic N) is 1. The quantitative estimate of drug-likeness (QED) is 0.728. The van der Waals surface area contributed by atoms with Crippen molar-refractivity contribution in [3.8, 4) is 0 Å². The van der Waals surface area contributed by atoms with Crippen molar-refractivity contribution in [1.29, 1.82) is 0 Å². The highest BCUT2D eigenvalue weighted by Crippen LogP contribution is 2.22. The largest absolute Gasteiger partial charge is 0.312 e. The van der Waals surface area contributed by atoms with Crippen LogP contribution < -0.4 is 4.87 Å². The monoisotopic (exact) mass is 223 g/mol. The minimum atomic E-state index is -0.280. The first kappa shape index (κ1) is 10.1. The molecule has 0 atom stereocenters. The van der Waals surface area contributed by atoms with Crippen molar-refractivity contribution >= 4 is 27.3 Å². The van der Waals surface area contributed by atoms with Crippen molar-refractivity contribution in [2.45, 2.75) is 13.8 Å². The Morgan fingerprint density at radius 2 is 2.20 bits per heavy atom. The average molecular weight is 223 g/mol. The van der Waals surface area contributed by atoms with Crippen LogP contribution >= 0.6 is 11.3 Å². The van der Waals surface area contributed by atoms with Crippen molar-refractivity contribution in [3.05, 3.63) is 39.8 Å². The number of fused-ring (bicyclic) bond motifs is 1. The van der Waals surface area contributed by atoms with E-state index >= 15 is 0 Å². The molecule has 0 aliphatic rings. The summed E-state index contributed by atoms with van der Waals surface area (Å²) < 4.78 is 15.4. The number of allylic oxidation sites excluding steroid dienone is 1. The van der Waals surface area contributed by atoms with E-state index in [-0.39, 0.29) is 10.7 Å². The molecule has 2 aromatic rings. The van der Waals surface area contributed by atoms with Crippen molar-refractivity contribution in [1.82, 2.24) is 4.57 Å². The molecule has 0 aliphatic carbocycles. The number of thiazole rings is 1. The van der Waals surface area contributed by atoms with E-state index in [1.165, 1.54) is 10.6 Å². The van der Waals surface area contributed by atoms with Crippen LogP contribution in [0.15, 0.2) is 23.5 Å². The van der Waals surface area contributed by atoms with Gasteiger partial charge in [-0.15, -0.1) is 0 Å². The molecule has 15 heavy (non-hydrogen) atoms. The number of halogens is 1. The third-order valence-corrected chi connectivity index (χ3v) is 3.15. The number of rotatable bonds is 1. The second-order valence-electron chi connectivity index (χ2n) is 3.51. The summed E-state index contributed by atoms with van der Waals surface area (Å²) in [6.45, 7) is 7.17. The molecular formula is C11H10FNOS. The first-order valence-electron chi connectivity index (χ1n) is 4.48. The van der Waals surface area contributed by atoms with Crippen LogP contribution in [-0.2, 0) is 0 Å². The van der Waals surface area contributed by atoms with Gasteiger partial charge in [0.25, 0.3) is 0 Å². The molecule has 0 fully saturated rings. The fraction of sp³-hybridized carbons (Fsp3) is 0.182. The van der Waals surface area contributed by atoms with Crippen LogP contribution in [-0.4, -0.2) is 4.57 Å². The molecule has 0 saturated carbocycles. The lowest BCUT2D eigenvalue weighted by atomic mass is 10.2. The van der Waals surface area contributed by atoms with Gasteiger partial charge < -0.3 is 0 Å². The molecular weight excluding hydrogens is 213 g/mol. The van der Waals surface area contributed by atoms with Gasteiger partial charge in [0.15, 0.2) is 0 Å². The van der Waals surface area contributed by atoms with E-state index in [1.54, 1.807) is 19.9 Å². The lowest BCUT2D eigenvalue weighted by Gasteiger charge is -2.02. The van der Waals surface area contributed by atoms with Gasteiger partial charge in [0.1, 0.15) is 5.82 Å². The summed E-state index contributed by atoms with van der Waals surface area (Å²) >= 11 is 1.04. The van der Waals surface area contributed by atoms with Gasteiger partial charge in [0.05, 0.1) is 10.2 Å². The number of aryl methyl sites for hydroxylation is 1. The fourth-order valence-electron chi connectivity index (χ4n) is 1.50. The van der Waals surface area contributed by atoms with Crippen LogP contribution in [0.25, 0.3) is 15.9 Å². The summed E-state index contributed by atoms with van der Waals surface area (Å²) in [5.41, 5.74) is 1.92. The molecule has 1 aromatic carbocycles. The van der Waals surface area contributed by atoms with E-state index in [9.17, 15) is 9.18 Å². The summed E-state index contributed by atoms with van der Waals surface area (Å²) in [6, 6.07) is 3.08. The second-order valence-corrected chi connectivity index (χ2v) is 4.50. The van der Waals surface area contributed by atoms with E-state index in [1.807, 2.05) is 0 Å². The van der Waals surface area contributed by atoms with Crippen LogP contribution in [0.3, 0.4) is 0 Å². The summed E-state index contributed by atoms with van der Waals surface area (Å²) in [5, 5.41) is 0. The van der Waals surface area contributed by atoms with E-state index in [0.29, 0.717) is 16.0 Å². The molecule has 0 bridgehead atoms. The number of hydrogen-bond donors (Lipinski definition) is 0. The minimum Gasteiger partial charge on any atom is -0.272 e. The third kappa shape index (κ3) is 1.51. The maximum absolute atomic E-state index is 13.3. The molecule has 4 heteroatoms. The Bertz CT molecular complexity index is 609. The zero-order valence-corrected chi connectivity index (χ0v) is 9.32. The topological polar surface area (TPSA) is 22.0 Å². The zero-order chi connectivity index (χ0) is 11.2. The Labute approximate surface area is 90.3 Å².